The van der Waals surface area contributed by atoms with E-state index in [-0.39, 0.29) is 11.6 Å². The second kappa shape index (κ2) is 6.58. The number of hydrogen-bond acceptors (Lipinski definition) is 3. The van der Waals surface area contributed by atoms with E-state index in [2.05, 4.69) is 19.3 Å². The average Bonchev–Trinajstić information content (AvgIpc) is 2.83. The van der Waals surface area contributed by atoms with E-state index in [1.165, 1.54) is 25.7 Å². The van der Waals surface area contributed by atoms with Crippen LogP contribution in [0.15, 0.2) is 0 Å². The smallest absolute Gasteiger partial charge is 0.0839 e. The van der Waals surface area contributed by atoms with Crippen LogP contribution in [-0.2, 0) is 4.74 Å². The lowest BCUT2D eigenvalue weighted by atomic mass is 9.82. The highest BCUT2D eigenvalue weighted by Gasteiger charge is 2.36. The average molecular weight is 228 g/mol. The summed E-state index contributed by atoms with van der Waals surface area (Å²) in [5, 5.41) is 0. The molecule has 3 heteroatoms. The molecule has 1 unspecified atom stereocenters. The number of ether oxygens (including phenoxy) is 1. The summed E-state index contributed by atoms with van der Waals surface area (Å²) >= 11 is 0. The van der Waals surface area contributed by atoms with Crippen LogP contribution < -0.4 is 11.3 Å². The van der Waals surface area contributed by atoms with Crippen LogP contribution in [0.25, 0.3) is 0 Å². The zero-order valence-electron chi connectivity index (χ0n) is 11.1. The lowest BCUT2D eigenvalue weighted by Gasteiger charge is -2.39. The largest absolute Gasteiger partial charge is 0.377 e. The maximum atomic E-state index is 5.76. The molecule has 1 saturated carbocycles. The maximum Gasteiger partial charge on any atom is 0.0839 e. The summed E-state index contributed by atoms with van der Waals surface area (Å²) in [6.07, 6.45) is 8.70. The Morgan fingerprint density at radius 3 is 2.25 bits per heavy atom. The van der Waals surface area contributed by atoms with Gasteiger partial charge in [-0.15, -0.1) is 0 Å². The molecule has 0 aliphatic heterocycles. The first kappa shape index (κ1) is 13.9. The third kappa shape index (κ3) is 2.96. The highest BCUT2D eigenvalue weighted by Crippen LogP contribution is 2.34. The number of nitrogens with one attached hydrogen (secondary N) is 1. The van der Waals surface area contributed by atoms with Crippen molar-refractivity contribution in [1.82, 2.24) is 5.43 Å². The van der Waals surface area contributed by atoms with Crippen molar-refractivity contribution in [2.75, 3.05) is 7.11 Å². The topological polar surface area (TPSA) is 47.3 Å². The van der Waals surface area contributed by atoms with Gasteiger partial charge in [0.2, 0.25) is 0 Å². The Morgan fingerprint density at radius 1 is 1.31 bits per heavy atom. The molecule has 0 heterocycles. The Morgan fingerprint density at radius 2 is 1.88 bits per heavy atom. The van der Waals surface area contributed by atoms with E-state index in [0.29, 0.717) is 0 Å². The SMILES string of the molecule is CCC(CC)(OC)C(CC1CCCC1)NN. The number of nitrogens with two attached hydrogens (primary N) is 1. The summed E-state index contributed by atoms with van der Waals surface area (Å²) in [6.45, 7) is 4.37. The van der Waals surface area contributed by atoms with Crippen molar-refractivity contribution >= 4 is 0 Å². The molecular formula is C13H28N2O. The zero-order chi connectivity index (χ0) is 12.0. The Bertz CT molecular complexity index is 178. The summed E-state index contributed by atoms with van der Waals surface area (Å²) in [4.78, 5) is 0. The zero-order valence-corrected chi connectivity index (χ0v) is 11.1. The molecule has 0 spiro atoms. The number of hydrogen-bond donors (Lipinski definition) is 2. The third-order valence-electron chi connectivity index (χ3n) is 4.48. The molecular weight excluding hydrogens is 200 g/mol. The summed E-state index contributed by atoms with van der Waals surface area (Å²) in [6, 6.07) is 0.288. The molecule has 0 saturated heterocycles. The van der Waals surface area contributed by atoms with Crippen molar-refractivity contribution in [3.8, 4) is 0 Å². The molecule has 1 fully saturated rings. The van der Waals surface area contributed by atoms with E-state index >= 15 is 0 Å². The van der Waals surface area contributed by atoms with Gasteiger partial charge in [0.15, 0.2) is 0 Å². The molecule has 1 aliphatic rings. The summed E-state index contributed by atoms with van der Waals surface area (Å²) in [5.74, 6) is 6.58. The molecule has 0 aromatic rings. The minimum absolute atomic E-state index is 0.0860. The van der Waals surface area contributed by atoms with Gasteiger partial charge >= 0.3 is 0 Å². The summed E-state index contributed by atoms with van der Waals surface area (Å²) in [5.41, 5.74) is 2.91. The van der Waals surface area contributed by atoms with Crippen LogP contribution in [0.5, 0.6) is 0 Å². The van der Waals surface area contributed by atoms with E-state index in [4.69, 9.17) is 10.6 Å². The molecule has 1 atom stereocenters. The van der Waals surface area contributed by atoms with Crippen molar-refractivity contribution in [3.05, 3.63) is 0 Å². The van der Waals surface area contributed by atoms with Gasteiger partial charge in [-0.2, -0.15) is 0 Å². The maximum absolute atomic E-state index is 5.76. The first-order valence-electron chi connectivity index (χ1n) is 6.73. The Kier molecular flexibility index (Phi) is 5.73. The molecule has 0 aromatic heterocycles. The van der Waals surface area contributed by atoms with Crippen molar-refractivity contribution in [1.29, 1.82) is 0 Å². The van der Waals surface area contributed by atoms with Gasteiger partial charge in [-0.05, 0) is 25.2 Å². The van der Waals surface area contributed by atoms with Crippen LogP contribution in [0.4, 0.5) is 0 Å². The molecule has 96 valence electrons. The monoisotopic (exact) mass is 228 g/mol. The molecule has 0 radical (unpaired) electrons. The fourth-order valence-electron chi connectivity index (χ4n) is 3.19. The van der Waals surface area contributed by atoms with Crippen LogP contribution in [0.1, 0.15) is 58.8 Å². The van der Waals surface area contributed by atoms with Crippen molar-refractivity contribution < 1.29 is 4.74 Å². The first-order chi connectivity index (χ1) is 7.72. The minimum Gasteiger partial charge on any atom is -0.377 e. The summed E-state index contributed by atoms with van der Waals surface area (Å²) < 4.78 is 5.76. The van der Waals surface area contributed by atoms with Gasteiger partial charge in [0.05, 0.1) is 11.6 Å². The predicted octanol–water partition coefficient (Wildman–Crippen LogP) is 2.60. The fourth-order valence-corrected chi connectivity index (χ4v) is 3.19. The molecule has 1 aliphatic carbocycles. The Labute approximate surface area is 100 Å². The highest BCUT2D eigenvalue weighted by atomic mass is 16.5. The predicted molar refractivity (Wildman–Crippen MR) is 68.0 cm³/mol. The van der Waals surface area contributed by atoms with Crippen LogP contribution in [-0.4, -0.2) is 18.8 Å². The van der Waals surface area contributed by atoms with Gasteiger partial charge in [0.25, 0.3) is 0 Å². The highest BCUT2D eigenvalue weighted by molar-refractivity contribution is 4.92. The van der Waals surface area contributed by atoms with Crippen LogP contribution >= 0.6 is 0 Å². The van der Waals surface area contributed by atoms with E-state index in [1.54, 1.807) is 0 Å². The van der Waals surface area contributed by atoms with Gasteiger partial charge < -0.3 is 4.74 Å². The van der Waals surface area contributed by atoms with E-state index in [9.17, 15) is 0 Å². The van der Waals surface area contributed by atoms with Crippen LogP contribution in [0.3, 0.4) is 0 Å². The van der Waals surface area contributed by atoms with Gasteiger partial charge in [0.1, 0.15) is 0 Å². The second-order valence-electron chi connectivity index (χ2n) is 5.08. The van der Waals surface area contributed by atoms with Gasteiger partial charge in [-0.25, -0.2) is 0 Å². The molecule has 0 aromatic carbocycles. The van der Waals surface area contributed by atoms with E-state index in [0.717, 1.165) is 25.2 Å². The Balaban J connectivity index is 2.61. The van der Waals surface area contributed by atoms with Gasteiger partial charge in [-0.1, -0.05) is 39.5 Å². The number of methoxy groups -OCH3 is 1. The Hall–Kier alpha value is -0.120. The lowest BCUT2D eigenvalue weighted by molar-refractivity contribution is -0.0530. The van der Waals surface area contributed by atoms with E-state index < -0.39 is 0 Å². The number of rotatable bonds is 7. The number of hydrazine groups is 1. The van der Waals surface area contributed by atoms with Gasteiger partial charge in [0, 0.05) is 7.11 Å². The molecule has 0 amide bonds. The van der Waals surface area contributed by atoms with Gasteiger partial charge in [-0.3, -0.25) is 11.3 Å². The van der Waals surface area contributed by atoms with Crippen LogP contribution in [0.2, 0.25) is 0 Å². The minimum atomic E-state index is -0.0860. The van der Waals surface area contributed by atoms with Crippen molar-refractivity contribution in [2.45, 2.75) is 70.4 Å². The van der Waals surface area contributed by atoms with Crippen molar-refractivity contribution in [2.24, 2.45) is 11.8 Å². The third-order valence-corrected chi connectivity index (χ3v) is 4.48. The summed E-state index contributed by atoms with van der Waals surface area (Å²) in [7, 11) is 1.81. The molecule has 3 nitrogen and oxygen atoms in total. The standard InChI is InChI=1S/C13H28N2O/c1-4-13(5-2,16-3)12(15-14)10-11-8-6-7-9-11/h11-12,15H,4-10,14H2,1-3H3. The fraction of sp³-hybridized carbons (Fsp3) is 1.00. The molecule has 3 N–H and O–H groups in total. The van der Waals surface area contributed by atoms with Crippen LogP contribution in [0, 0.1) is 5.92 Å². The lowest BCUT2D eigenvalue weighted by Crippen LogP contribution is -2.54. The molecule has 0 bridgehead atoms. The quantitative estimate of drug-likeness (QED) is 0.520. The molecule has 16 heavy (non-hydrogen) atoms. The normalized spacial score (nSPS) is 20.2. The first-order valence-corrected chi connectivity index (χ1v) is 6.73. The van der Waals surface area contributed by atoms with Crippen molar-refractivity contribution in [3.63, 3.8) is 0 Å². The second-order valence-corrected chi connectivity index (χ2v) is 5.08. The molecule has 1 rings (SSSR count). The van der Waals surface area contributed by atoms with E-state index in [1.807, 2.05) is 7.11 Å².